The van der Waals surface area contributed by atoms with Crippen LogP contribution in [0.25, 0.3) is 22.1 Å². The van der Waals surface area contributed by atoms with Gasteiger partial charge in [0.25, 0.3) is 0 Å². The molecule has 0 aliphatic carbocycles. The predicted molar refractivity (Wildman–Crippen MR) is 147 cm³/mol. The number of pyridine rings is 1. The molecule has 10 heteroatoms. The third kappa shape index (κ3) is 6.69. The van der Waals surface area contributed by atoms with E-state index in [9.17, 15) is 4.79 Å². The Balaban J connectivity index is 1.68. The molecule has 0 aliphatic heterocycles. The summed E-state index contributed by atoms with van der Waals surface area (Å²) in [7, 11) is 2.80. The van der Waals surface area contributed by atoms with Crippen molar-refractivity contribution in [1.29, 1.82) is 0 Å². The Bertz CT molecular complexity index is 1480. The number of fused-ring (bicyclic) bond motifs is 1. The van der Waals surface area contributed by atoms with Crippen LogP contribution in [0.15, 0.2) is 53.3 Å². The van der Waals surface area contributed by atoms with Crippen molar-refractivity contribution in [2.45, 2.75) is 45.1 Å². The van der Waals surface area contributed by atoms with Gasteiger partial charge in [-0.05, 0) is 45.0 Å². The topological polar surface area (TPSA) is 82.8 Å². The van der Waals surface area contributed by atoms with Crippen LogP contribution in [0.1, 0.15) is 37.6 Å². The number of carbonyl (C=O) groups is 1. The van der Waals surface area contributed by atoms with E-state index < -0.39 is 17.6 Å². The van der Waals surface area contributed by atoms with Crippen molar-refractivity contribution in [1.82, 2.24) is 9.71 Å². The van der Waals surface area contributed by atoms with E-state index in [4.69, 9.17) is 18.6 Å². The minimum absolute atomic E-state index is 0.0309. The second-order valence-electron chi connectivity index (χ2n) is 9.73. The molecule has 0 fully saturated rings. The summed E-state index contributed by atoms with van der Waals surface area (Å²) in [5, 5.41) is 0.200. The molecule has 2 aromatic heterocycles. The lowest BCUT2D eigenvalue weighted by Gasteiger charge is -2.18. The number of nitrogens with zero attached hydrogens (tertiary/aromatic N) is 1. The van der Waals surface area contributed by atoms with Gasteiger partial charge < -0.3 is 18.6 Å². The van der Waals surface area contributed by atoms with Crippen molar-refractivity contribution in [3.05, 3.63) is 77.3 Å². The molecule has 2 heterocycles. The minimum atomic E-state index is -0.544. The molecule has 4 rings (SSSR count). The van der Waals surface area contributed by atoms with Gasteiger partial charge in [-0.15, -0.1) is 0 Å². The zero-order valence-corrected chi connectivity index (χ0v) is 23.2. The Morgan fingerprint density at radius 3 is 2.56 bits per heavy atom. The van der Waals surface area contributed by atoms with Crippen LogP contribution in [0.4, 0.5) is 8.78 Å². The molecule has 4 aromatic rings. The summed E-state index contributed by atoms with van der Waals surface area (Å²) >= 11 is 1.48. The monoisotopic (exact) mass is 556 g/mol. The third-order valence-electron chi connectivity index (χ3n) is 5.84. The molecule has 0 unspecified atom stereocenters. The molecule has 2 aromatic carbocycles. The predicted octanol–water partition coefficient (Wildman–Crippen LogP) is 6.61. The summed E-state index contributed by atoms with van der Waals surface area (Å²) in [6.45, 7) is 6.16. The summed E-state index contributed by atoms with van der Waals surface area (Å²) in [6.07, 6.45) is 2.84. The molecule has 7 nitrogen and oxygen atoms in total. The van der Waals surface area contributed by atoms with Crippen LogP contribution >= 0.6 is 11.9 Å². The number of nitrogens with one attached hydrogen (secondary N) is 1. The highest BCUT2D eigenvalue weighted by molar-refractivity contribution is 7.98. The maximum Gasteiger partial charge on any atom is 0.310 e. The highest BCUT2D eigenvalue weighted by Crippen LogP contribution is 2.36. The number of methoxy groups -OCH3 is 2. The van der Waals surface area contributed by atoms with Gasteiger partial charge >= 0.3 is 5.97 Å². The molecule has 39 heavy (non-hydrogen) atoms. The van der Waals surface area contributed by atoms with Crippen LogP contribution in [0.5, 0.6) is 11.5 Å². The fraction of sp³-hybridized carbons (Fsp3) is 0.310. The number of ether oxygens (including phenoxy) is 3. The van der Waals surface area contributed by atoms with Crippen molar-refractivity contribution in [2.75, 3.05) is 14.2 Å². The van der Waals surface area contributed by atoms with E-state index in [0.29, 0.717) is 22.6 Å². The molecule has 0 spiro atoms. The quantitative estimate of drug-likeness (QED) is 0.173. The van der Waals surface area contributed by atoms with E-state index in [1.165, 1.54) is 56.8 Å². The number of benzene rings is 2. The molecule has 0 atom stereocenters. The number of aromatic nitrogens is 1. The van der Waals surface area contributed by atoms with Gasteiger partial charge in [0.15, 0.2) is 5.82 Å². The number of rotatable bonds is 10. The Morgan fingerprint density at radius 1 is 1.05 bits per heavy atom. The highest BCUT2D eigenvalue weighted by atomic mass is 32.2. The Kier molecular flexibility index (Phi) is 8.76. The molecule has 0 bridgehead atoms. The van der Waals surface area contributed by atoms with Crippen LogP contribution in [-0.2, 0) is 29.1 Å². The lowest BCUT2D eigenvalue weighted by molar-refractivity contribution is -0.139. The summed E-state index contributed by atoms with van der Waals surface area (Å²) in [5.41, 5.74) is 1.80. The van der Waals surface area contributed by atoms with E-state index in [1.54, 1.807) is 18.2 Å². The van der Waals surface area contributed by atoms with E-state index in [-0.39, 0.29) is 52.1 Å². The molecule has 0 saturated heterocycles. The summed E-state index contributed by atoms with van der Waals surface area (Å²) in [4.78, 5) is 16.1. The number of halogens is 2. The number of esters is 1. The van der Waals surface area contributed by atoms with E-state index >= 15 is 8.78 Å². The smallest absolute Gasteiger partial charge is 0.310 e. The number of furan rings is 1. The maximum atomic E-state index is 15.7. The molecule has 0 aliphatic rings. The molecule has 206 valence electrons. The molecule has 1 N–H and O–H groups in total. The first-order chi connectivity index (χ1) is 18.6. The second kappa shape index (κ2) is 12.0. The SMILES string of the molecule is COC(=O)Cc1ccc(OC)cc1OCc1cc(-c2ccnc(CNSC(C)(C)C)c2F)c2occc2c1F. The molecular formula is C29H30F2N2O5S. The van der Waals surface area contributed by atoms with Gasteiger partial charge in [-0.1, -0.05) is 18.0 Å². The van der Waals surface area contributed by atoms with Gasteiger partial charge in [0, 0.05) is 39.3 Å². The van der Waals surface area contributed by atoms with E-state index in [2.05, 4.69) is 9.71 Å². The third-order valence-corrected chi connectivity index (χ3v) is 6.74. The van der Waals surface area contributed by atoms with Crippen molar-refractivity contribution < 1.29 is 32.2 Å². The maximum absolute atomic E-state index is 15.7. The fourth-order valence-corrected chi connectivity index (χ4v) is 4.58. The lowest BCUT2D eigenvalue weighted by atomic mass is 9.99. The summed E-state index contributed by atoms with van der Waals surface area (Å²) in [5.74, 6) is -0.665. The van der Waals surface area contributed by atoms with Crippen LogP contribution < -0.4 is 14.2 Å². The van der Waals surface area contributed by atoms with Gasteiger partial charge in [-0.3, -0.25) is 14.5 Å². The van der Waals surface area contributed by atoms with Gasteiger partial charge in [-0.2, -0.15) is 0 Å². The molecular weight excluding hydrogens is 526 g/mol. The Morgan fingerprint density at radius 2 is 1.85 bits per heavy atom. The fourth-order valence-electron chi connectivity index (χ4n) is 3.94. The largest absolute Gasteiger partial charge is 0.497 e. The van der Waals surface area contributed by atoms with Crippen molar-refractivity contribution >= 4 is 28.9 Å². The van der Waals surface area contributed by atoms with E-state index in [1.807, 2.05) is 20.8 Å². The van der Waals surface area contributed by atoms with Gasteiger partial charge in [0.2, 0.25) is 0 Å². The average Bonchev–Trinajstić information content (AvgIpc) is 3.40. The van der Waals surface area contributed by atoms with Gasteiger partial charge in [0.05, 0.1) is 44.5 Å². The minimum Gasteiger partial charge on any atom is -0.497 e. The van der Waals surface area contributed by atoms with Gasteiger partial charge in [0.1, 0.15) is 29.5 Å². The number of carbonyl (C=O) groups excluding carboxylic acids is 1. The Hall–Kier alpha value is -3.63. The zero-order chi connectivity index (χ0) is 28.2. The van der Waals surface area contributed by atoms with Crippen LogP contribution in [0.2, 0.25) is 0 Å². The van der Waals surface area contributed by atoms with Crippen LogP contribution in [-0.4, -0.2) is 29.9 Å². The van der Waals surface area contributed by atoms with Crippen molar-refractivity contribution in [2.24, 2.45) is 0 Å². The summed E-state index contributed by atoms with van der Waals surface area (Å²) < 4.78 is 55.8. The first-order valence-electron chi connectivity index (χ1n) is 12.2. The van der Waals surface area contributed by atoms with Crippen molar-refractivity contribution in [3.63, 3.8) is 0 Å². The Labute approximate surface area is 230 Å². The molecule has 0 amide bonds. The number of hydrogen-bond donors (Lipinski definition) is 1. The van der Waals surface area contributed by atoms with Crippen LogP contribution in [0, 0.1) is 11.6 Å². The van der Waals surface area contributed by atoms with Crippen molar-refractivity contribution in [3.8, 4) is 22.6 Å². The van der Waals surface area contributed by atoms with Gasteiger partial charge in [-0.25, -0.2) is 8.78 Å². The second-order valence-corrected chi connectivity index (χ2v) is 11.4. The zero-order valence-electron chi connectivity index (χ0n) is 22.4. The first-order valence-corrected chi connectivity index (χ1v) is 13.0. The lowest BCUT2D eigenvalue weighted by Crippen LogP contribution is -2.18. The average molecular weight is 557 g/mol. The molecule has 0 saturated carbocycles. The highest BCUT2D eigenvalue weighted by Gasteiger charge is 2.21. The standard InChI is InChI=1S/C29H30F2N2O5S/c1-29(2,3)39-33-15-23-27(31)20(8-10-32-23)22-12-18(26(30)21-9-11-37-28(21)22)16-38-24-14-19(35-4)7-6-17(24)13-25(34)36-5/h6-12,14,33H,13,15-16H2,1-5H3. The number of hydrogen-bond acceptors (Lipinski definition) is 8. The normalized spacial score (nSPS) is 11.6. The summed E-state index contributed by atoms with van der Waals surface area (Å²) in [6, 6.07) is 9.54. The molecule has 0 radical (unpaired) electrons. The van der Waals surface area contributed by atoms with Crippen LogP contribution in [0.3, 0.4) is 0 Å². The van der Waals surface area contributed by atoms with E-state index in [0.717, 1.165) is 0 Å². The first kappa shape index (κ1) is 28.4.